The number of methoxy groups -OCH3 is 1. The van der Waals surface area contributed by atoms with Gasteiger partial charge in [0.05, 0.1) is 18.4 Å². The molecule has 0 radical (unpaired) electrons. The molecular weight excluding hydrogens is 648 g/mol. The lowest BCUT2D eigenvalue weighted by molar-refractivity contribution is -0.136. The molecule has 6 rings (SSSR count). The van der Waals surface area contributed by atoms with Crippen LogP contribution in [0.15, 0.2) is 67.5 Å². The highest BCUT2D eigenvalue weighted by Crippen LogP contribution is 2.53. The number of hydrogen-bond donors (Lipinski definition) is 3. The highest BCUT2D eigenvalue weighted by Gasteiger charge is 2.67. The van der Waals surface area contributed by atoms with Gasteiger partial charge < -0.3 is 14.8 Å². The van der Waals surface area contributed by atoms with E-state index in [-0.39, 0.29) is 19.4 Å². The fourth-order valence-corrected chi connectivity index (χ4v) is 7.94. The van der Waals surface area contributed by atoms with Crippen LogP contribution >= 0.6 is 0 Å². The molecule has 2 aliphatic carbocycles. The normalized spacial score (nSPS) is 24.4. The summed E-state index contributed by atoms with van der Waals surface area (Å²) in [5.74, 6) is -0.862. The molecule has 5 atom stereocenters. The maximum Gasteiger partial charge on any atom is 0.254 e. The third kappa shape index (κ3) is 6.97. The molecule has 3 amide bonds. The van der Waals surface area contributed by atoms with E-state index in [1.54, 1.807) is 54.7 Å². The maximum atomic E-state index is 14.1. The fraction of sp³-hybridized carbons (Fsp3) is 0.457. The number of aromatic nitrogens is 2. The molecule has 2 aromatic heterocycles. The van der Waals surface area contributed by atoms with Crippen molar-refractivity contribution in [3.63, 3.8) is 0 Å². The third-order valence-corrected chi connectivity index (χ3v) is 11.3. The molecule has 3 N–H and O–H groups in total. The van der Waals surface area contributed by atoms with Gasteiger partial charge in [0.1, 0.15) is 29.3 Å². The minimum atomic E-state index is -3.88. The first-order valence-corrected chi connectivity index (χ1v) is 17.9. The van der Waals surface area contributed by atoms with Crippen LogP contribution < -0.4 is 24.8 Å². The number of ether oxygens (including phenoxy) is 2. The second-order valence-corrected chi connectivity index (χ2v) is 16.0. The Hall–Kier alpha value is -4.56. The van der Waals surface area contributed by atoms with Crippen molar-refractivity contribution in [1.29, 1.82) is 0 Å². The van der Waals surface area contributed by atoms with Gasteiger partial charge >= 0.3 is 0 Å². The average Bonchev–Trinajstić information content (AvgIpc) is 4.00. The van der Waals surface area contributed by atoms with E-state index in [1.165, 1.54) is 0 Å². The van der Waals surface area contributed by atoms with E-state index < -0.39 is 68.1 Å². The number of rotatable bonds is 12. The summed E-state index contributed by atoms with van der Waals surface area (Å²) in [6.07, 6.45) is 5.51. The third-order valence-electron chi connectivity index (χ3n) is 9.48. The number of imide groups is 1. The number of hydrogen-bond acceptors (Lipinski definition) is 11. The molecule has 1 aromatic carbocycles. The largest absolute Gasteiger partial charge is 0.497 e. The van der Waals surface area contributed by atoms with Crippen LogP contribution in [-0.2, 0) is 24.4 Å². The van der Waals surface area contributed by atoms with Gasteiger partial charge in [-0.1, -0.05) is 32.9 Å². The molecule has 2 saturated carbocycles. The molecule has 49 heavy (non-hydrogen) atoms. The molecule has 1 aliphatic heterocycles. The minimum Gasteiger partial charge on any atom is -0.497 e. The molecule has 3 aliphatic rings. The molecule has 3 fully saturated rings. The lowest BCUT2D eigenvalue weighted by Gasteiger charge is -2.33. The van der Waals surface area contributed by atoms with Crippen LogP contribution in [0, 0.1) is 11.3 Å². The Kier molecular flexibility index (Phi) is 9.14. The van der Waals surface area contributed by atoms with E-state index in [0.29, 0.717) is 30.3 Å². The van der Waals surface area contributed by atoms with Gasteiger partial charge in [-0.25, -0.2) is 18.4 Å². The Balaban J connectivity index is 1.30. The number of fused-ring (bicyclic) bond motifs is 1. The monoisotopic (exact) mass is 690 g/mol. The average molecular weight is 691 g/mol. The Morgan fingerprint density at radius 1 is 1.10 bits per heavy atom. The van der Waals surface area contributed by atoms with Gasteiger partial charge in [-0.15, -0.1) is 6.58 Å². The van der Waals surface area contributed by atoms with Crippen LogP contribution in [0.4, 0.5) is 5.82 Å². The van der Waals surface area contributed by atoms with Crippen LogP contribution in [0.5, 0.6) is 11.6 Å². The highest BCUT2D eigenvalue weighted by molar-refractivity contribution is 7.91. The number of anilines is 1. The number of amides is 3. The number of nitrogens with one attached hydrogen (secondary N) is 3. The van der Waals surface area contributed by atoms with Crippen molar-refractivity contribution in [1.82, 2.24) is 24.9 Å². The summed E-state index contributed by atoms with van der Waals surface area (Å²) in [6, 6.07) is 10.7. The van der Waals surface area contributed by atoms with E-state index in [4.69, 9.17) is 9.47 Å². The van der Waals surface area contributed by atoms with Gasteiger partial charge in [-0.3, -0.25) is 29.3 Å². The van der Waals surface area contributed by atoms with Crippen molar-refractivity contribution in [3.8, 4) is 11.6 Å². The first-order chi connectivity index (χ1) is 23.3. The standard InChI is InChI=1S/C35H42N6O7S/c1-6-22-19-35(22,33(44)40-49(45,46)25-11-12-25)41-20-24(48-32-26-13-10-23(47-5)17-21(26)14-16-37-32)18-27(41)30(42)39-31(43)29(34(2,3)4)38-28-9-7-8-15-36-28/h6-10,13-17,22,24-25,27,29H,1,11-12,18-20H2,2-5H3,(H,36,38)(H,40,44)(H,39,42,43)/t22-,24-,27+,29+,35-/m1/s1. The summed E-state index contributed by atoms with van der Waals surface area (Å²) in [5.41, 5.74) is -1.99. The minimum absolute atomic E-state index is 0.0939. The van der Waals surface area contributed by atoms with Crippen LogP contribution in [0.1, 0.15) is 46.5 Å². The highest BCUT2D eigenvalue weighted by atomic mass is 32.2. The summed E-state index contributed by atoms with van der Waals surface area (Å²) in [7, 11) is -2.30. The maximum absolute atomic E-state index is 14.1. The number of sulfonamides is 1. The van der Waals surface area contributed by atoms with E-state index in [2.05, 4.69) is 31.9 Å². The number of carbonyl (C=O) groups excluding carboxylic acids is 3. The van der Waals surface area contributed by atoms with Gasteiger partial charge in [-0.2, -0.15) is 0 Å². The number of nitrogens with zero attached hydrogens (tertiary/aromatic N) is 3. The van der Waals surface area contributed by atoms with Crippen molar-refractivity contribution >= 4 is 44.3 Å². The van der Waals surface area contributed by atoms with Crippen molar-refractivity contribution in [3.05, 3.63) is 67.5 Å². The first-order valence-electron chi connectivity index (χ1n) is 16.3. The van der Waals surface area contributed by atoms with Crippen molar-refractivity contribution in [2.24, 2.45) is 11.3 Å². The molecule has 260 valence electrons. The second-order valence-electron chi connectivity index (χ2n) is 14.0. The smallest absolute Gasteiger partial charge is 0.254 e. The molecule has 0 unspecified atom stereocenters. The zero-order valence-electron chi connectivity index (χ0n) is 28.0. The van der Waals surface area contributed by atoms with Gasteiger partial charge in [0, 0.05) is 36.7 Å². The van der Waals surface area contributed by atoms with Crippen LogP contribution in [-0.4, -0.2) is 83.6 Å². The molecule has 1 saturated heterocycles. The topological polar surface area (TPSA) is 169 Å². The molecule has 0 bridgehead atoms. The zero-order valence-corrected chi connectivity index (χ0v) is 28.8. The van der Waals surface area contributed by atoms with E-state index in [9.17, 15) is 22.8 Å². The van der Waals surface area contributed by atoms with Crippen LogP contribution in [0.3, 0.4) is 0 Å². The lowest BCUT2D eigenvalue weighted by atomic mass is 9.86. The number of benzene rings is 1. The van der Waals surface area contributed by atoms with Crippen LogP contribution in [0.2, 0.25) is 0 Å². The summed E-state index contributed by atoms with van der Waals surface area (Å²) >= 11 is 0. The molecule has 3 aromatic rings. The molecule has 14 heteroatoms. The summed E-state index contributed by atoms with van der Waals surface area (Å²) in [5, 5.41) is 6.67. The zero-order chi connectivity index (χ0) is 35.1. The Labute approximate surface area is 285 Å². The number of likely N-dealkylation sites (tertiary alicyclic amines) is 1. The molecule has 0 spiro atoms. The molecule has 13 nitrogen and oxygen atoms in total. The van der Waals surface area contributed by atoms with Gasteiger partial charge in [0.15, 0.2) is 0 Å². The number of pyridine rings is 2. The first kappa shape index (κ1) is 34.3. The number of carbonyl (C=O) groups is 3. The van der Waals surface area contributed by atoms with Gasteiger partial charge in [0.2, 0.25) is 27.7 Å². The summed E-state index contributed by atoms with van der Waals surface area (Å²) < 4.78 is 39.8. The molecule has 3 heterocycles. The van der Waals surface area contributed by atoms with Crippen LogP contribution in [0.25, 0.3) is 10.8 Å². The Bertz CT molecular complexity index is 1880. The van der Waals surface area contributed by atoms with E-state index >= 15 is 0 Å². The fourth-order valence-electron chi connectivity index (χ4n) is 6.58. The summed E-state index contributed by atoms with van der Waals surface area (Å²) in [4.78, 5) is 52.2. The lowest BCUT2D eigenvalue weighted by Crippen LogP contribution is -2.59. The second kappa shape index (κ2) is 13.0. The predicted molar refractivity (Wildman–Crippen MR) is 183 cm³/mol. The summed E-state index contributed by atoms with van der Waals surface area (Å²) in [6.45, 7) is 9.59. The van der Waals surface area contributed by atoms with Crippen molar-refractivity contribution in [2.75, 3.05) is 19.0 Å². The van der Waals surface area contributed by atoms with Gasteiger partial charge in [0.25, 0.3) is 5.91 Å². The van der Waals surface area contributed by atoms with E-state index in [1.807, 2.05) is 39.0 Å². The Morgan fingerprint density at radius 3 is 2.51 bits per heavy atom. The quantitative estimate of drug-likeness (QED) is 0.239. The SMILES string of the molecule is C=C[C@@H]1C[C@@]1(C(=O)NS(=O)(=O)C1CC1)N1C[C@H](Oc2nccc3cc(OC)ccc23)C[C@H]1C(=O)NC(=O)[C@H](Nc1ccccn1)C(C)(C)C. The molecular formula is C35H42N6O7S. The van der Waals surface area contributed by atoms with E-state index in [0.717, 1.165) is 10.8 Å². The Morgan fingerprint density at radius 2 is 1.88 bits per heavy atom. The van der Waals surface area contributed by atoms with Gasteiger partial charge in [-0.05, 0) is 66.5 Å². The van der Waals surface area contributed by atoms with Crippen molar-refractivity contribution in [2.45, 2.75) is 75.4 Å². The van der Waals surface area contributed by atoms with Crippen molar-refractivity contribution < 1.29 is 32.3 Å². The predicted octanol–water partition coefficient (Wildman–Crippen LogP) is 3.18.